The van der Waals surface area contributed by atoms with Crippen LogP contribution in [0.2, 0.25) is 5.02 Å². The summed E-state index contributed by atoms with van der Waals surface area (Å²) in [6.07, 6.45) is 1.07. The summed E-state index contributed by atoms with van der Waals surface area (Å²) >= 11 is 6.23. The molecule has 1 aliphatic rings. The average molecular weight is 408 g/mol. The van der Waals surface area contributed by atoms with Crippen LogP contribution in [0, 0.1) is 12.8 Å². The third-order valence-electron chi connectivity index (χ3n) is 5.50. The summed E-state index contributed by atoms with van der Waals surface area (Å²) in [5.74, 6) is 1.56. The van der Waals surface area contributed by atoms with E-state index >= 15 is 0 Å². The molecule has 1 fully saturated rings. The molecule has 1 atom stereocenters. The SMILES string of the molecule is COCCn1nnnc1[C@H](CC(C)C)[NH+]1CCN(c2cc(Cl)ccc2C)CC1. The fourth-order valence-electron chi connectivity index (χ4n) is 4.03. The van der Waals surface area contributed by atoms with Crippen molar-refractivity contribution in [2.24, 2.45) is 5.92 Å². The first-order valence-electron chi connectivity index (χ1n) is 10.1. The summed E-state index contributed by atoms with van der Waals surface area (Å²) in [5, 5.41) is 13.3. The second kappa shape index (κ2) is 9.67. The fourth-order valence-corrected chi connectivity index (χ4v) is 4.20. The summed E-state index contributed by atoms with van der Waals surface area (Å²) in [6.45, 7) is 12.1. The number of nitrogens with one attached hydrogen (secondary N) is 1. The van der Waals surface area contributed by atoms with E-state index in [0.29, 0.717) is 25.1 Å². The number of hydrogen-bond acceptors (Lipinski definition) is 5. The number of quaternary nitrogens is 1. The van der Waals surface area contributed by atoms with Gasteiger partial charge in [0.05, 0.1) is 39.3 Å². The molecule has 2 aromatic rings. The second-order valence-electron chi connectivity index (χ2n) is 8.01. The predicted molar refractivity (Wildman–Crippen MR) is 111 cm³/mol. The molecule has 0 unspecified atom stereocenters. The molecule has 28 heavy (non-hydrogen) atoms. The number of piperazine rings is 1. The van der Waals surface area contributed by atoms with Crippen LogP contribution in [-0.2, 0) is 11.3 Å². The first kappa shape index (κ1) is 21.0. The van der Waals surface area contributed by atoms with Crippen LogP contribution >= 0.6 is 11.6 Å². The van der Waals surface area contributed by atoms with E-state index in [2.05, 4.69) is 53.3 Å². The third-order valence-corrected chi connectivity index (χ3v) is 5.73. The molecule has 0 bridgehead atoms. The summed E-state index contributed by atoms with van der Waals surface area (Å²) in [4.78, 5) is 4.00. The molecule has 0 amide bonds. The molecule has 1 aromatic carbocycles. The van der Waals surface area contributed by atoms with Crippen molar-refractivity contribution in [2.45, 2.75) is 39.8 Å². The summed E-state index contributed by atoms with van der Waals surface area (Å²) in [5.41, 5.74) is 2.52. The Hall–Kier alpha value is -1.70. The van der Waals surface area contributed by atoms with Crippen molar-refractivity contribution >= 4 is 17.3 Å². The molecule has 0 saturated carbocycles. The molecule has 2 heterocycles. The molecule has 1 saturated heterocycles. The van der Waals surface area contributed by atoms with Gasteiger partial charge in [0.1, 0.15) is 6.04 Å². The summed E-state index contributed by atoms with van der Waals surface area (Å²) < 4.78 is 7.13. The van der Waals surface area contributed by atoms with Crippen LogP contribution in [0.15, 0.2) is 18.2 Å². The quantitative estimate of drug-likeness (QED) is 0.722. The van der Waals surface area contributed by atoms with E-state index in [-0.39, 0.29) is 0 Å². The molecule has 7 nitrogen and oxygen atoms in total. The Morgan fingerprint density at radius 1 is 1.25 bits per heavy atom. The molecule has 0 aliphatic carbocycles. The Kier molecular flexibility index (Phi) is 7.26. The lowest BCUT2D eigenvalue weighted by Gasteiger charge is -2.38. The topological polar surface area (TPSA) is 60.5 Å². The van der Waals surface area contributed by atoms with Crippen molar-refractivity contribution in [1.82, 2.24) is 20.2 Å². The van der Waals surface area contributed by atoms with E-state index in [1.165, 1.54) is 11.3 Å². The monoisotopic (exact) mass is 407 g/mol. The van der Waals surface area contributed by atoms with E-state index in [4.69, 9.17) is 16.3 Å². The van der Waals surface area contributed by atoms with E-state index < -0.39 is 0 Å². The zero-order valence-electron chi connectivity index (χ0n) is 17.4. The first-order chi connectivity index (χ1) is 13.5. The smallest absolute Gasteiger partial charge is 0.209 e. The van der Waals surface area contributed by atoms with E-state index in [1.807, 2.05) is 10.7 Å². The van der Waals surface area contributed by atoms with Gasteiger partial charge in [-0.15, -0.1) is 5.10 Å². The van der Waals surface area contributed by atoms with Gasteiger partial charge >= 0.3 is 0 Å². The van der Waals surface area contributed by atoms with Gasteiger partial charge in [-0.25, -0.2) is 4.68 Å². The number of aryl methyl sites for hydroxylation is 1. The van der Waals surface area contributed by atoms with E-state index in [0.717, 1.165) is 43.4 Å². The number of rotatable bonds is 8. The number of halogens is 1. The molecule has 154 valence electrons. The van der Waals surface area contributed by atoms with Crippen LogP contribution in [0.1, 0.15) is 37.7 Å². The maximum absolute atomic E-state index is 6.23. The van der Waals surface area contributed by atoms with Crippen molar-refractivity contribution in [1.29, 1.82) is 0 Å². The molecule has 1 N–H and O–H groups in total. The molecule has 0 spiro atoms. The Bertz CT molecular complexity index is 757. The van der Waals surface area contributed by atoms with Gasteiger partial charge in [-0.2, -0.15) is 0 Å². The van der Waals surface area contributed by atoms with Crippen LogP contribution in [0.3, 0.4) is 0 Å². The number of benzene rings is 1. The zero-order chi connectivity index (χ0) is 20.1. The minimum absolute atomic E-state index is 0.300. The van der Waals surface area contributed by atoms with Crippen LogP contribution < -0.4 is 9.80 Å². The number of ether oxygens (including phenoxy) is 1. The van der Waals surface area contributed by atoms with Gasteiger partial charge in [0, 0.05) is 24.2 Å². The number of aromatic nitrogens is 4. The van der Waals surface area contributed by atoms with Crippen LogP contribution in [0.4, 0.5) is 5.69 Å². The van der Waals surface area contributed by atoms with Gasteiger partial charge in [-0.05, 0) is 41.0 Å². The van der Waals surface area contributed by atoms with Crippen molar-refractivity contribution < 1.29 is 9.64 Å². The number of nitrogens with zero attached hydrogens (tertiary/aromatic N) is 5. The highest BCUT2D eigenvalue weighted by molar-refractivity contribution is 6.30. The predicted octanol–water partition coefficient (Wildman–Crippen LogP) is 1.77. The van der Waals surface area contributed by atoms with Crippen LogP contribution in [0.25, 0.3) is 0 Å². The number of methoxy groups -OCH3 is 1. The zero-order valence-corrected chi connectivity index (χ0v) is 18.1. The van der Waals surface area contributed by atoms with Gasteiger partial charge in [0.15, 0.2) is 0 Å². The lowest BCUT2D eigenvalue weighted by atomic mass is 10.0. The average Bonchev–Trinajstić information content (AvgIpc) is 3.14. The van der Waals surface area contributed by atoms with E-state index in [1.54, 1.807) is 12.0 Å². The van der Waals surface area contributed by atoms with Crippen molar-refractivity contribution in [3.05, 3.63) is 34.6 Å². The van der Waals surface area contributed by atoms with Crippen LogP contribution in [0.5, 0.6) is 0 Å². The highest BCUT2D eigenvalue weighted by Crippen LogP contribution is 2.25. The number of tetrazole rings is 1. The Morgan fingerprint density at radius 3 is 2.68 bits per heavy atom. The van der Waals surface area contributed by atoms with Crippen molar-refractivity contribution in [2.75, 3.05) is 44.8 Å². The largest absolute Gasteiger partial charge is 0.383 e. The highest BCUT2D eigenvalue weighted by Gasteiger charge is 2.33. The van der Waals surface area contributed by atoms with Gasteiger partial charge in [-0.3, -0.25) is 0 Å². The molecule has 1 aliphatic heterocycles. The maximum atomic E-state index is 6.23. The highest BCUT2D eigenvalue weighted by atomic mass is 35.5. The van der Waals surface area contributed by atoms with Gasteiger partial charge in [0.25, 0.3) is 0 Å². The summed E-state index contributed by atoms with van der Waals surface area (Å²) in [6, 6.07) is 6.44. The summed E-state index contributed by atoms with van der Waals surface area (Å²) in [7, 11) is 1.71. The third kappa shape index (κ3) is 5.01. The van der Waals surface area contributed by atoms with E-state index in [9.17, 15) is 0 Å². The van der Waals surface area contributed by atoms with Gasteiger partial charge in [-0.1, -0.05) is 31.5 Å². The first-order valence-corrected chi connectivity index (χ1v) is 10.5. The molecule has 0 radical (unpaired) electrons. The van der Waals surface area contributed by atoms with Crippen LogP contribution in [-0.4, -0.2) is 60.1 Å². The lowest BCUT2D eigenvalue weighted by Crippen LogP contribution is -3.15. The second-order valence-corrected chi connectivity index (χ2v) is 8.45. The lowest BCUT2D eigenvalue weighted by molar-refractivity contribution is -0.934. The Labute approximate surface area is 172 Å². The number of hydrogen-bond donors (Lipinski definition) is 1. The van der Waals surface area contributed by atoms with Crippen molar-refractivity contribution in [3.8, 4) is 0 Å². The Balaban J connectivity index is 1.73. The van der Waals surface area contributed by atoms with Crippen molar-refractivity contribution in [3.63, 3.8) is 0 Å². The minimum Gasteiger partial charge on any atom is -0.383 e. The minimum atomic E-state index is 0.300. The number of anilines is 1. The normalized spacial score (nSPS) is 16.7. The molecular weight excluding hydrogens is 376 g/mol. The standard InChI is InChI=1S/C20H31ClN6O/c1-15(2)13-19(20-22-23-24-27(20)11-12-28-4)26-9-7-25(8-10-26)18-14-17(21)6-5-16(18)3/h5-6,14-15,19H,7-13H2,1-4H3/p+1/t19-/m0/s1. The Morgan fingerprint density at radius 2 is 2.00 bits per heavy atom. The molecule has 8 heteroatoms. The van der Waals surface area contributed by atoms with Gasteiger partial charge < -0.3 is 14.5 Å². The fraction of sp³-hybridized carbons (Fsp3) is 0.650. The molecular formula is C20H32ClN6O+. The van der Waals surface area contributed by atoms with Gasteiger partial charge in [0.2, 0.25) is 5.82 Å². The maximum Gasteiger partial charge on any atom is 0.209 e. The molecule has 1 aromatic heterocycles. The molecule has 3 rings (SSSR count).